The molecule has 0 saturated heterocycles. The number of rotatable bonds is 5. The Morgan fingerprint density at radius 3 is 2.05 bits per heavy atom. The van der Waals surface area contributed by atoms with Gasteiger partial charge in [-0.3, -0.25) is 9.69 Å². The fourth-order valence-electron chi connectivity index (χ4n) is 2.12. The van der Waals surface area contributed by atoms with E-state index in [9.17, 15) is 9.59 Å². The van der Waals surface area contributed by atoms with Crippen molar-refractivity contribution < 1.29 is 9.59 Å². The van der Waals surface area contributed by atoms with Crippen LogP contribution < -0.4 is 5.73 Å². The zero-order valence-corrected chi connectivity index (χ0v) is 12.4. The molecule has 2 N–H and O–H groups in total. The number of nitrogens with zero attached hydrogens (tertiary/aromatic N) is 1. The Kier molecular flexibility index (Phi) is 5.09. The molecular formula is C18H18N2O2. The van der Waals surface area contributed by atoms with Crippen molar-refractivity contribution in [2.24, 2.45) is 5.73 Å². The Balaban J connectivity index is 2.36. The van der Waals surface area contributed by atoms with E-state index in [-0.39, 0.29) is 18.0 Å². The van der Waals surface area contributed by atoms with E-state index in [0.717, 1.165) is 11.1 Å². The topological polar surface area (TPSA) is 63.4 Å². The summed E-state index contributed by atoms with van der Waals surface area (Å²) < 4.78 is 0. The van der Waals surface area contributed by atoms with Crippen LogP contribution in [0.2, 0.25) is 0 Å². The maximum Gasteiger partial charge on any atom is 0.319 e. The molecule has 2 aromatic rings. The number of primary amides is 1. The summed E-state index contributed by atoms with van der Waals surface area (Å²) in [5.74, 6) is -0.210. The summed E-state index contributed by atoms with van der Waals surface area (Å²) in [7, 11) is 0. The Morgan fingerprint density at radius 1 is 1.00 bits per heavy atom. The second-order valence-electron chi connectivity index (χ2n) is 4.91. The van der Waals surface area contributed by atoms with E-state index in [0.29, 0.717) is 0 Å². The van der Waals surface area contributed by atoms with Gasteiger partial charge < -0.3 is 5.73 Å². The molecule has 0 atom stereocenters. The molecular weight excluding hydrogens is 276 g/mol. The number of urea groups is 1. The number of benzene rings is 2. The molecule has 4 heteroatoms. The van der Waals surface area contributed by atoms with Gasteiger partial charge in [0.2, 0.25) is 0 Å². The Morgan fingerprint density at radius 2 is 1.55 bits per heavy atom. The van der Waals surface area contributed by atoms with E-state index in [4.69, 9.17) is 5.73 Å². The minimum Gasteiger partial charge on any atom is -0.351 e. The Bertz CT molecular complexity index is 679. The second-order valence-corrected chi connectivity index (χ2v) is 4.91. The minimum absolute atomic E-state index is 0.210. The summed E-state index contributed by atoms with van der Waals surface area (Å²) in [5.41, 5.74) is 7.49. The third kappa shape index (κ3) is 4.06. The summed E-state index contributed by atoms with van der Waals surface area (Å²) in [4.78, 5) is 25.1. The Labute approximate surface area is 129 Å². The first-order chi connectivity index (χ1) is 10.6. The normalized spacial score (nSPS) is 11.0. The highest BCUT2D eigenvalue weighted by atomic mass is 16.2. The standard InChI is InChI=1S/C18H18N2O2/c1-14(21)17(12-15-8-4-2-5-9-15)20(18(19)22)13-16-10-6-3-7-11-16/h2-12H,13H2,1H3,(H2,19,22)/b17-12+. The fraction of sp³-hybridized carbons (Fsp3) is 0.111. The molecule has 22 heavy (non-hydrogen) atoms. The molecule has 2 rings (SSSR count). The number of amides is 2. The van der Waals surface area contributed by atoms with Crippen LogP contribution in [0.5, 0.6) is 0 Å². The number of carbonyl (C=O) groups is 2. The lowest BCUT2D eigenvalue weighted by atomic mass is 10.1. The smallest absolute Gasteiger partial charge is 0.319 e. The molecule has 0 heterocycles. The first kappa shape index (κ1) is 15.5. The first-order valence-corrected chi connectivity index (χ1v) is 6.96. The summed E-state index contributed by atoms with van der Waals surface area (Å²) >= 11 is 0. The molecule has 0 fully saturated rings. The van der Waals surface area contributed by atoms with Crippen molar-refractivity contribution in [3.63, 3.8) is 0 Å². The first-order valence-electron chi connectivity index (χ1n) is 6.96. The second kappa shape index (κ2) is 7.22. The molecule has 0 aromatic heterocycles. The van der Waals surface area contributed by atoms with E-state index in [1.807, 2.05) is 60.7 Å². The van der Waals surface area contributed by atoms with Crippen LogP contribution in [-0.4, -0.2) is 16.7 Å². The zero-order valence-electron chi connectivity index (χ0n) is 12.4. The van der Waals surface area contributed by atoms with Gasteiger partial charge in [-0.05, 0) is 17.2 Å². The van der Waals surface area contributed by atoms with E-state index >= 15 is 0 Å². The van der Waals surface area contributed by atoms with E-state index in [1.54, 1.807) is 6.08 Å². The highest BCUT2D eigenvalue weighted by Crippen LogP contribution is 2.16. The van der Waals surface area contributed by atoms with E-state index in [1.165, 1.54) is 11.8 Å². The molecule has 0 unspecified atom stereocenters. The molecule has 0 aliphatic rings. The van der Waals surface area contributed by atoms with Crippen LogP contribution in [0.25, 0.3) is 6.08 Å². The third-order valence-electron chi connectivity index (χ3n) is 3.20. The van der Waals surface area contributed by atoms with Crippen molar-refractivity contribution >= 4 is 17.9 Å². The van der Waals surface area contributed by atoms with Gasteiger partial charge in [-0.25, -0.2) is 4.79 Å². The lowest BCUT2D eigenvalue weighted by Gasteiger charge is -2.22. The average Bonchev–Trinajstić information content (AvgIpc) is 2.52. The molecule has 0 radical (unpaired) electrons. The highest BCUT2D eigenvalue weighted by Gasteiger charge is 2.19. The van der Waals surface area contributed by atoms with E-state index < -0.39 is 6.03 Å². The van der Waals surface area contributed by atoms with Crippen LogP contribution in [-0.2, 0) is 11.3 Å². The predicted octanol–water partition coefficient (Wildman–Crippen LogP) is 3.20. The molecule has 112 valence electrons. The van der Waals surface area contributed by atoms with Gasteiger partial charge in [-0.1, -0.05) is 60.7 Å². The SMILES string of the molecule is CC(=O)/C(=C\c1ccccc1)N(Cc1ccccc1)C(N)=O. The third-order valence-corrected chi connectivity index (χ3v) is 3.20. The quantitative estimate of drug-likeness (QED) is 0.861. The maximum atomic E-state index is 12.0. The molecule has 0 saturated carbocycles. The highest BCUT2D eigenvalue weighted by molar-refractivity contribution is 6.00. The molecule has 0 spiro atoms. The van der Waals surface area contributed by atoms with Crippen molar-refractivity contribution in [1.29, 1.82) is 0 Å². The number of hydrogen-bond acceptors (Lipinski definition) is 2. The van der Waals surface area contributed by atoms with Gasteiger partial charge >= 0.3 is 6.03 Å². The van der Waals surface area contributed by atoms with Crippen LogP contribution in [0.4, 0.5) is 4.79 Å². The number of ketones is 1. The van der Waals surface area contributed by atoms with E-state index in [2.05, 4.69) is 0 Å². The van der Waals surface area contributed by atoms with Crippen LogP contribution in [0.15, 0.2) is 66.4 Å². The van der Waals surface area contributed by atoms with Crippen molar-refractivity contribution in [1.82, 2.24) is 4.90 Å². The van der Waals surface area contributed by atoms with Crippen LogP contribution in [0.1, 0.15) is 18.1 Å². The molecule has 0 bridgehead atoms. The summed E-state index contributed by atoms with van der Waals surface area (Å²) in [5, 5.41) is 0. The Hall–Kier alpha value is -2.88. The van der Waals surface area contributed by atoms with Gasteiger partial charge in [0, 0.05) is 6.92 Å². The number of allylic oxidation sites excluding steroid dienone is 1. The number of carbonyl (C=O) groups excluding carboxylic acids is 2. The lowest BCUT2D eigenvalue weighted by molar-refractivity contribution is -0.114. The van der Waals surface area contributed by atoms with Crippen LogP contribution >= 0.6 is 0 Å². The monoisotopic (exact) mass is 294 g/mol. The summed E-state index contributed by atoms with van der Waals surface area (Å²) in [6.07, 6.45) is 1.68. The zero-order chi connectivity index (χ0) is 15.9. The average molecular weight is 294 g/mol. The van der Waals surface area contributed by atoms with Crippen molar-refractivity contribution in [2.45, 2.75) is 13.5 Å². The van der Waals surface area contributed by atoms with Crippen molar-refractivity contribution in [3.8, 4) is 0 Å². The van der Waals surface area contributed by atoms with Gasteiger partial charge in [0.15, 0.2) is 5.78 Å². The number of Topliss-reactive ketones (excluding diaryl/α,β-unsaturated/α-hetero) is 1. The minimum atomic E-state index is -0.652. The molecule has 2 amide bonds. The predicted molar refractivity (Wildman–Crippen MR) is 86.7 cm³/mol. The largest absolute Gasteiger partial charge is 0.351 e. The maximum absolute atomic E-state index is 12.0. The molecule has 4 nitrogen and oxygen atoms in total. The van der Waals surface area contributed by atoms with Crippen LogP contribution in [0, 0.1) is 0 Å². The summed E-state index contributed by atoms with van der Waals surface area (Å²) in [6.45, 7) is 1.68. The fourth-order valence-corrected chi connectivity index (χ4v) is 2.12. The number of nitrogens with two attached hydrogens (primary N) is 1. The summed E-state index contributed by atoms with van der Waals surface area (Å²) in [6, 6.07) is 18.1. The molecule has 0 aliphatic heterocycles. The molecule has 2 aromatic carbocycles. The number of hydrogen-bond donors (Lipinski definition) is 1. The van der Waals surface area contributed by atoms with Crippen molar-refractivity contribution in [3.05, 3.63) is 77.5 Å². The van der Waals surface area contributed by atoms with Gasteiger partial charge in [0.1, 0.15) is 0 Å². The molecule has 0 aliphatic carbocycles. The van der Waals surface area contributed by atoms with Gasteiger partial charge in [0.25, 0.3) is 0 Å². The van der Waals surface area contributed by atoms with Gasteiger partial charge in [-0.15, -0.1) is 0 Å². The van der Waals surface area contributed by atoms with Gasteiger partial charge in [-0.2, -0.15) is 0 Å². The van der Waals surface area contributed by atoms with Crippen molar-refractivity contribution in [2.75, 3.05) is 0 Å². The van der Waals surface area contributed by atoms with Gasteiger partial charge in [0.05, 0.1) is 12.2 Å². The van der Waals surface area contributed by atoms with Crippen LogP contribution in [0.3, 0.4) is 0 Å². The lowest BCUT2D eigenvalue weighted by Crippen LogP contribution is -2.36.